The number of rotatable bonds is 14. The molecule has 0 aliphatic heterocycles. The first-order chi connectivity index (χ1) is 16.9. The van der Waals surface area contributed by atoms with Crippen molar-refractivity contribution in [3.63, 3.8) is 0 Å². The van der Waals surface area contributed by atoms with Gasteiger partial charge in [-0.15, -0.1) is 0 Å². The van der Waals surface area contributed by atoms with Gasteiger partial charge in [-0.1, -0.05) is 18.2 Å². The van der Waals surface area contributed by atoms with Crippen LogP contribution in [0.3, 0.4) is 0 Å². The highest BCUT2D eigenvalue weighted by Crippen LogP contribution is 2.32. The van der Waals surface area contributed by atoms with Crippen molar-refractivity contribution in [3.8, 4) is 23.1 Å². The quantitative estimate of drug-likeness (QED) is 0.368. The van der Waals surface area contributed by atoms with Crippen LogP contribution in [0.5, 0.6) is 17.4 Å². The molecule has 35 heavy (non-hydrogen) atoms. The van der Waals surface area contributed by atoms with E-state index in [9.17, 15) is 5.11 Å². The summed E-state index contributed by atoms with van der Waals surface area (Å²) >= 11 is 0. The van der Waals surface area contributed by atoms with Gasteiger partial charge < -0.3 is 24.1 Å². The largest absolute Gasteiger partial charge is 0.497 e. The van der Waals surface area contributed by atoms with Crippen LogP contribution in [0.25, 0.3) is 5.69 Å². The van der Waals surface area contributed by atoms with Crippen molar-refractivity contribution < 1.29 is 24.1 Å². The summed E-state index contributed by atoms with van der Waals surface area (Å²) in [5.74, 6) is 2.07. The van der Waals surface area contributed by atoms with Gasteiger partial charge in [0.05, 0.1) is 49.5 Å². The smallest absolute Gasteiger partial charge is 0.227 e. The Morgan fingerprint density at radius 1 is 1.00 bits per heavy atom. The predicted molar refractivity (Wildman–Crippen MR) is 136 cm³/mol. The number of aryl methyl sites for hydroxylation is 1. The van der Waals surface area contributed by atoms with Crippen LogP contribution in [0.2, 0.25) is 0 Å². The minimum atomic E-state index is -0.621. The van der Waals surface area contributed by atoms with Crippen molar-refractivity contribution in [3.05, 3.63) is 65.9 Å². The summed E-state index contributed by atoms with van der Waals surface area (Å²) in [6, 6.07) is 17.4. The molecule has 0 aliphatic carbocycles. The normalized spacial score (nSPS) is 12.3. The fourth-order valence-electron chi connectivity index (χ4n) is 3.66. The van der Waals surface area contributed by atoms with Gasteiger partial charge in [0.1, 0.15) is 11.5 Å². The lowest BCUT2D eigenvalue weighted by molar-refractivity contribution is -0.0122. The van der Waals surface area contributed by atoms with Crippen molar-refractivity contribution in [2.24, 2.45) is 0 Å². The van der Waals surface area contributed by atoms with E-state index in [1.807, 2.05) is 80.1 Å². The molecule has 0 unspecified atom stereocenters. The third-order valence-electron chi connectivity index (χ3n) is 5.50. The van der Waals surface area contributed by atoms with Crippen molar-refractivity contribution >= 4 is 0 Å². The zero-order chi connectivity index (χ0) is 25.2. The third-order valence-corrected chi connectivity index (χ3v) is 5.50. The molecule has 0 aliphatic rings. The van der Waals surface area contributed by atoms with Gasteiger partial charge in [0, 0.05) is 26.7 Å². The molecule has 0 amide bonds. The maximum atomic E-state index is 10.6. The molecular formula is C27H37N3O5. The topological polar surface area (TPSA) is 78.2 Å². The number of aliphatic hydroxyl groups excluding tert-OH is 1. The second kappa shape index (κ2) is 13.3. The first-order valence-corrected chi connectivity index (χ1v) is 11.9. The van der Waals surface area contributed by atoms with Crippen LogP contribution in [-0.4, -0.2) is 72.5 Å². The molecule has 1 aromatic heterocycles. The molecule has 190 valence electrons. The summed E-state index contributed by atoms with van der Waals surface area (Å²) in [7, 11) is 3.31. The van der Waals surface area contributed by atoms with Crippen LogP contribution >= 0.6 is 0 Å². The molecule has 0 spiro atoms. The summed E-state index contributed by atoms with van der Waals surface area (Å²) in [5.41, 5.74) is 2.70. The zero-order valence-corrected chi connectivity index (χ0v) is 21.3. The first-order valence-electron chi connectivity index (χ1n) is 11.9. The van der Waals surface area contributed by atoms with Crippen LogP contribution in [0.15, 0.2) is 54.6 Å². The van der Waals surface area contributed by atoms with E-state index in [-0.39, 0.29) is 12.7 Å². The van der Waals surface area contributed by atoms with E-state index in [1.165, 1.54) is 0 Å². The van der Waals surface area contributed by atoms with Gasteiger partial charge in [0.25, 0.3) is 0 Å². The highest BCUT2D eigenvalue weighted by molar-refractivity contribution is 5.44. The molecule has 0 fully saturated rings. The summed E-state index contributed by atoms with van der Waals surface area (Å²) < 4.78 is 24.4. The number of methoxy groups -OCH3 is 2. The fourth-order valence-corrected chi connectivity index (χ4v) is 3.66. The zero-order valence-electron chi connectivity index (χ0n) is 21.3. The van der Waals surface area contributed by atoms with Gasteiger partial charge in [-0.2, -0.15) is 5.10 Å². The average molecular weight is 484 g/mol. The number of hydrogen-bond donors (Lipinski definition) is 1. The lowest BCUT2D eigenvalue weighted by atomic mass is 10.2. The highest BCUT2D eigenvalue weighted by atomic mass is 16.5. The second-order valence-corrected chi connectivity index (χ2v) is 8.66. The molecule has 3 rings (SSSR count). The Balaban J connectivity index is 1.92. The molecule has 3 aromatic rings. The van der Waals surface area contributed by atoms with Crippen LogP contribution in [0.1, 0.15) is 25.1 Å². The number of nitrogens with zero attached hydrogens (tertiary/aromatic N) is 3. The number of hydrogen-bond acceptors (Lipinski definition) is 7. The molecule has 8 heteroatoms. The molecule has 1 heterocycles. The number of benzene rings is 2. The lowest BCUT2D eigenvalue weighted by Crippen LogP contribution is -2.37. The van der Waals surface area contributed by atoms with Gasteiger partial charge in [-0.05, 0) is 57.2 Å². The van der Waals surface area contributed by atoms with E-state index < -0.39 is 6.10 Å². The Hall–Kier alpha value is -2.91. The number of para-hydroxylation sites is 1. The minimum Gasteiger partial charge on any atom is -0.497 e. The molecule has 1 atom stereocenters. The van der Waals surface area contributed by atoms with Crippen molar-refractivity contribution in [2.75, 3.05) is 40.5 Å². The second-order valence-electron chi connectivity index (χ2n) is 8.66. The van der Waals surface area contributed by atoms with E-state index in [1.54, 1.807) is 14.2 Å². The highest BCUT2D eigenvalue weighted by Gasteiger charge is 2.23. The van der Waals surface area contributed by atoms with Crippen molar-refractivity contribution in [1.82, 2.24) is 14.7 Å². The Morgan fingerprint density at radius 3 is 2.31 bits per heavy atom. The van der Waals surface area contributed by atoms with Crippen molar-refractivity contribution in [2.45, 2.75) is 39.5 Å². The van der Waals surface area contributed by atoms with Gasteiger partial charge in [-0.25, -0.2) is 4.68 Å². The fraction of sp³-hybridized carbons (Fsp3) is 0.444. The standard InChI is InChI=1S/C27H37N3O5/c1-20(2)34-19-23(31)17-29(15-16-32-4)18-26-21(3)28-30(22-9-7-6-8-10-22)27(26)35-25-13-11-24(33-5)12-14-25/h6-14,20,23,31H,15-19H2,1-5H3/t23-/m0/s1. The third kappa shape index (κ3) is 7.80. The summed E-state index contributed by atoms with van der Waals surface area (Å²) in [4.78, 5) is 2.14. The summed E-state index contributed by atoms with van der Waals surface area (Å²) in [6.45, 7) is 8.33. The SMILES string of the molecule is COCCN(Cc1c(C)nn(-c2ccccc2)c1Oc1ccc(OC)cc1)C[C@H](O)COC(C)C. The van der Waals surface area contributed by atoms with E-state index in [4.69, 9.17) is 24.0 Å². The molecule has 0 saturated carbocycles. The maximum absolute atomic E-state index is 10.6. The Bertz CT molecular complexity index is 1020. The first kappa shape index (κ1) is 26.7. The van der Waals surface area contributed by atoms with Gasteiger partial charge >= 0.3 is 0 Å². The van der Waals surface area contributed by atoms with Crippen LogP contribution in [0, 0.1) is 6.92 Å². The molecule has 0 bridgehead atoms. The minimum absolute atomic E-state index is 0.0629. The Kier molecular flexibility index (Phi) is 10.1. The number of aliphatic hydroxyl groups is 1. The molecule has 0 saturated heterocycles. The van der Waals surface area contributed by atoms with Crippen LogP contribution in [0.4, 0.5) is 0 Å². The Morgan fingerprint density at radius 2 is 1.69 bits per heavy atom. The van der Waals surface area contributed by atoms with Gasteiger partial charge in [0.15, 0.2) is 0 Å². The summed E-state index contributed by atoms with van der Waals surface area (Å²) in [5, 5.41) is 15.4. The maximum Gasteiger partial charge on any atom is 0.227 e. The van der Waals surface area contributed by atoms with Crippen LogP contribution in [-0.2, 0) is 16.0 Å². The monoisotopic (exact) mass is 483 g/mol. The molecule has 2 aromatic carbocycles. The molecule has 8 nitrogen and oxygen atoms in total. The average Bonchev–Trinajstić information content (AvgIpc) is 3.16. The Labute approximate surface area is 208 Å². The van der Waals surface area contributed by atoms with E-state index in [0.29, 0.717) is 37.9 Å². The van der Waals surface area contributed by atoms with E-state index >= 15 is 0 Å². The molecule has 0 radical (unpaired) electrons. The number of ether oxygens (including phenoxy) is 4. The molecule has 1 N–H and O–H groups in total. The molecular weight excluding hydrogens is 446 g/mol. The van der Waals surface area contributed by atoms with Crippen molar-refractivity contribution in [1.29, 1.82) is 0 Å². The van der Waals surface area contributed by atoms with Gasteiger partial charge in [0.2, 0.25) is 5.88 Å². The lowest BCUT2D eigenvalue weighted by Gasteiger charge is -2.25. The number of aromatic nitrogens is 2. The predicted octanol–water partition coefficient (Wildman–Crippen LogP) is 4.22. The van der Waals surface area contributed by atoms with Gasteiger partial charge in [-0.3, -0.25) is 4.90 Å². The van der Waals surface area contributed by atoms with E-state index in [0.717, 1.165) is 22.7 Å². The van der Waals surface area contributed by atoms with E-state index in [2.05, 4.69) is 4.90 Å². The summed E-state index contributed by atoms with van der Waals surface area (Å²) in [6.07, 6.45) is -0.558. The van der Waals surface area contributed by atoms with Crippen LogP contribution < -0.4 is 9.47 Å².